The van der Waals surface area contributed by atoms with Gasteiger partial charge in [-0.1, -0.05) is 13.3 Å². The molecule has 0 spiro atoms. The second-order valence-corrected chi connectivity index (χ2v) is 7.00. The van der Waals surface area contributed by atoms with Crippen molar-refractivity contribution in [1.29, 1.82) is 0 Å². The minimum absolute atomic E-state index is 0.794. The number of thioether (sulfide) groups is 2. The van der Waals surface area contributed by atoms with Crippen LogP contribution in [0, 0.1) is 5.92 Å². The van der Waals surface area contributed by atoms with Gasteiger partial charge in [0.25, 0.3) is 0 Å². The van der Waals surface area contributed by atoms with Crippen LogP contribution in [0.15, 0.2) is 0 Å². The number of nitrogens with one attached hydrogen (secondary N) is 1. The average molecular weight is 231 g/mol. The lowest BCUT2D eigenvalue weighted by atomic mass is 10.1. The van der Waals surface area contributed by atoms with E-state index in [-0.39, 0.29) is 0 Å². The predicted octanol–water partition coefficient (Wildman–Crippen LogP) is 2.61. The van der Waals surface area contributed by atoms with Crippen LogP contribution in [0.25, 0.3) is 0 Å². The monoisotopic (exact) mass is 231 g/mol. The van der Waals surface area contributed by atoms with Crippen molar-refractivity contribution in [3.05, 3.63) is 0 Å². The third kappa shape index (κ3) is 3.07. The molecule has 0 bridgehead atoms. The van der Waals surface area contributed by atoms with Crippen molar-refractivity contribution in [2.24, 2.45) is 5.92 Å². The van der Waals surface area contributed by atoms with E-state index in [1.165, 1.54) is 43.1 Å². The fourth-order valence-electron chi connectivity index (χ4n) is 2.17. The number of hydrogen-bond acceptors (Lipinski definition) is 3. The van der Waals surface area contributed by atoms with Crippen LogP contribution in [-0.4, -0.2) is 35.1 Å². The molecule has 0 aromatic rings. The lowest BCUT2D eigenvalue weighted by Gasteiger charge is -2.24. The molecule has 2 saturated heterocycles. The van der Waals surface area contributed by atoms with Gasteiger partial charge in [0.2, 0.25) is 0 Å². The van der Waals surface area contributed by atoms with Crippen LogP contribution < -0.4 is 5.32 Å². The van der Waals surface area contributed by atoms with Crippen molar-refractivity contribution in [2.75, 3.05) is 23.8 Å². The first-order valence-corrected chi connectivity index (χ1v) is 7.99. The van der Waals surface area contributed by atoms with Gasteiger partial charge in [-0.25, -0.2) is 0 Å². The van der Waals surface area contributed by atoms with Crippen LogP contribution in [0.2, 0.25) is 0 Å². The number of hydrogen-bond donors (Lipinski definition) is 1. The van der Waals surface area contributed by atoms with E-state index in [4.69, 9.17) is 0 Å². The first-order chi connectivity index (χ1) is 6.86. The van der Waals surface area contributed by atoms with Gasteiger partial charge < -0.3 is 5.32 Å². The van der Waals surface area contributed by atoms with Crippen molar-refractivity contribution in [3.8, 4) is 0 Å². The molecule has 3 heteroatoms. The molecular weight excluding hydrogens is 210 g/mol. The van der Waals surface area contributed by atoms with E-state index >= 15 is 0 Å². The molecule has 2 heterocycles. The summed E-state index contributed by atoms with van der Waals surface area (Å²) in [4.78, 5) is 0. The van der Waals surface area contributed by atoms with Gasteiger partial charge in [0.1, 0.15) is 0 Å². The molecule has 2 fully saturated rings. The Labute approximate surface area is 96.2 Å². The Bertz CT molecular complexity index is 169. The lowest BCUT2D eigenvalue weighted by Crippen LogP contribution is -2.38. The summed E-state index contributed by atoms with van der Waals surface area (Å²) in [6, 6.07) is 0.794. The van der Waals surface area contributed by atoms with E-state index in [9.17, 15) is 0 Å². The summed E-state index contributed by atoms with van der Waals surface area (Å²) < 4.78 is 0. The highest BCUT2D eigenvalue weighted by Gasteiger charge is 2.24. The van der Waals surface area contributed by atoms with Crippen LogP contribution in [0.4, 0.5) is 0 Å². The van der Waals surface area contributed by atoms with Crippen molar-refractivity contribution in [2.45, 2.75) is 37.5 Å². The summed E-state index contributed by atoms with van der Waals surface area (Å²) >= 11 is 4.29. The third-order valence-electron chi connectivity index (χ3n) is 3.25. The summed E-state index contributed by atoms with van der Waals surface area (Å²) in [5, 5.41) is 4.66. The molecule has 0 radical (unpaired) electrons. The standard InChI is InChI=1S/C11H21NS2/c1-9-7-13-8-11(9)12-6-10-4-2-3-5-14-10/h9-12H,2-8H2,1H3. The maximum absolute atomic E-state index is 3.76. The van der Waals surface area contributed by atoms with Crippen molar-refractivity contribution >= 4 is 23.5 Å². The van der Waals surface area contributed by atoms with E-state index in [1.54, 1.807) is 0 Å². The normalized spacial score (nSPS) is 38.8. The highest BCUT2D eigenvalue weighted by molar-refractivity contribution is 8.00. The molecule has 3 unspecified atom stereocenters. The van der Waals surface area contributed by atoms with E-state index in [0.717, 1.165) is 17.2 Å². The van der Waals surface area contributed by atoms with E-state index < -0.39 is 0 Å². The van der Waals surface area contributed by atoms with Crippen molar-refractivity contribution < 1.29 is 0 Å². The van der Waals surface area contributed by atoms with Crippen LogP contribution >= 0.6 is 23.5 Å². The maximum Gasteiger partial charge on any atom is 0.0192 e. The Morgan fingerprint density at radius 3 is 2.86 bits per heavy atom. The van der Waals surface area contributed by atoms with Gasteiger partial charge in [-0.05, 0) is 30.3 Å². The molecule has 0 amide bonds. The topological polar surface area (TPSA) is 12.0 Å². The zero-order chi connectivity index (χ0) is 9.80. The van der Waals surface area contributed by atoms with Crippen molar-refractivity contribution in [3.63, 3.8) is 0 Å². The largest absolute Gasteiger partial charge is 0.312 e. The zero-order valence-electron chi connectivity index (χ0n) is 9.00. The molecular formula is C11H21NS2. The van der Waals surface area contributed by atoms with Gasteiger partial charge >= 0.3 is 0 Å². The van der Waals surface area contributed by atoms with Crippen LogP contribution in [0.3, 0.4) is 0 Å². The van der Waals surface area contributed by atoms with Crippen LogP contribution in [0.1, 0.15) is 26.2 Å². The molecule has 2 aliphatic rings. The fraction of sp³-hybridized carbons (Fsp3) is 1.00. The molecule has 0 aromatic carbocycles. The molecule has 0 saturated carbocycles. The third-order valence-corrected chi connectivity index (χ3v) is 6.00. The molecule has 0 aliphatic carbocycles. The Hall–Kier alpha value is 0.660. The van der Waals surface area contributed by atoms with Crippen LogP contribution in [-0.2, 0) is 0 Å². The predicted molar refractivity (Wildman–Crippen MR) is 68.4 cm³/mol. The van der Waals surface area contributed by atoms with Gasteiger partial charge in [-0.2, -0.15) is 23.5 Å². The zero-order valence-corrected chi connectivity index (χ0v) is 10.6. The molecule has 2 rings (SSSR count). The Balaban J connectivity index is 1.65. The Kier molecular flexibility index (Phi) is 4.51. The van der Waals surface area contributed by atoms with Gasteiger partial charge in [-0.3, -0.25) is 0 Å². The molecule has 3 atom stereocenters. The first-order valence-electron chi connectivity index (χ1n) is 5.79. The van der Waals surface area contributed by atoms with Gasteiger partial charge in [0.05, 0.1) is 0 Å². The van der Waals surface area contributed by atoms with E-state index in [1.807, 2.05) is 0 Å². The summed E-state index contributed by atoms with van der Waals surface area (Å²) in [6.45, 7) is 3.63. The first kappa shape index (κ1) is 11.2. The molecule has 1 N–H and O–H groups in total. The fourth-order valence-corrected chi connectivity index (χ4v) is 4.86. The van der Waals surface area contributed by atoms with Crippen molar-refractivity contribution in [1.82, 2.24) is 5.32 Å². The summed E-state index contributed by atoms with van der Waals surface area (Å²) in [5.74, 6) is 4.96. The maximum atomic E-state index is 3.76. The SMILES string of the molecule is CC1CSCC1NCC1CCCCS1. The van der Waals surface area contributed by atoms with Crippen LogP contribution in [0.5, 0.6) is 0 Å². The minimum atomic E-state index is 0.794. The highest BCUT2D eigenvalue weighted by Crippen LogP contribution is 2.26. The number of rotatable bonds is 3. The Morgan fingerprint density at radius 2 is 2.21 bits per heavy atom. The molecule has 0 aromatic heterocycles. The molecule has 82 valence electrons. The molecule has 2 aliphatic heterocycles. The minimum Gasteiger partial charge on any atom is -0.312 e. The Morgan fingerprint density at radius 1 is 1.29 bits per heavy atom. The second-order valence-electron chi connectivity index (χ2n) is 4.52. The molecule has 1 nitrogen and oxygen atoms in total. The highest BCUT2D eigenvalue weighted by atomic mass is 32.2. The molecule has 14 heavy (non-hydrogen) atoms. The summed E-state index contributed by atoms with van der Waals surface area (Å²) in [6.07, 6.45) is 4.33. The van der Waals surface area contributed by atoms with E-state index in [2.05, 4.69) is 35.8 Å². The summed E-state index contributed by atoms with van der Waals surface area (Å²) in [7, 11) is 0. The van der Waals surface area contributed by atoms with Gasteiger partial charge in [0.15, 0.2) is 0 Å². The second kappa shape index (κ2) is 5.66. The van der Waals surface area contributed by atoms with Gasteiger partial charge in [-0.15, -0.1) is 0 Å². The lowest BCUT2D eigenvalue weighted by molar-refractivity contribution is 0.446. The summed E-state index contributed by atoms with van der Waals surface area (Å²) in [5.41, 5.74) is 0. The quantitative estimate of drug-likeness (QED) is 0.802. The van der Waals surface area contributed by atoms with Gasteiger partial charge in [0, 0.05) is 23.6 Å². The smallest absolute Gasteiger partial charge is 0.0192 e. The van der Waals surface area contributed by atoms with E-state index in [0.29, 0.717) is 0 Å². The average Bonchev–Trinajstić information content (AvgIpc) is 2.63.